The van der Waals surface area contributed by atoms with Crippen LogP contribution in [0.3, 0.4) is 0 Å². The standard InChI is InChI=1S/C18H14BrN3/c1-11-3-8-15-16(9-11)21-18-17(20-15)12(2)10-22(18)14-6-4-13(19)5-7-14/h3-10H,1-2H3. The van der Waals surface area contributed by atoms with Crippen LogP contribution in [0.4, 0.5) is 0 Å². The molecule has 4 aromatic rings. The van der Waals surface area contributed by atoms with Crippen molar-refractivity contribution < 1.29 is 0 Å². The zero-order chi connectivity index (χ0) is 15.3. The fourth-order valence-corrected chi connectivity index (χ4v) is 2.97. The molecule has 3 nitrogen and oxygen atoms in total. The molecular weight excluding hydrogens is 338 g/mol. The lowest BCUT2D eigenvalue weighted by Crippen LogP contribution is -1.95. The molecule has 4 heteroatoms. The molecule has 22 heavy (non-hydrogen) atoms. The number of halogens is 1. The van der Waals surface area contributed by atoms with Crippen molar-refractivity contribution in [1.29, 1.82) is 0 Å². The Morgan fingerprint density at radius 3 is 2.45 bits per heavy atom. The number of benzene rings is 2. The number of hydrogen-bond donors (Lipinski definition) is 0. The molecule has 0 amide bonds. The molecule has 0 saturated heterocycles. The average molecular weight is 352 g/mol. The molecule has 108 valence electrons. The molecule has 0 aliphatic rings. The highest BCUT2D eigenvalue weighted by Gasteiger charge is 2.11. The third-order valence-electron chi connectivity index (χ3n) is 3.83. The maximum Gasteiger partial charge on any atom is 0.164 e. The van der Waals surface area contributed by atoms with Crippen molar-refractivity contribution in [3.8, 4) is 5.69 Å². The molecule has 0 saturated carbocycles. The van der Waals surface area contributed by atoms with Crippen LogP contribution in [-0.4, -0.2) is 14.5 Å². The SMILES string of the molecule is Cc1ccc2nc3c(C)cn(-c4ccc(Br)cc4)c3nc2c1. The summed E-state index contributed by atoms with van der Waals surface area (Å²) < 4.78 is 3.17. The highest BCUT2D eigenvalue weighted by molar-refractivity contribution is 9.10. The predicted molar refractivity (Wildman–Crippen MR) is 93.5 cm³/mol. The van der Waals surface area contributed by atoms with E-state index in [0.717, 1.165) is 37.9 Å². The maximum atomic E-state index is 4.85. The quantitative estimate of drug-likeness (QED) is 0.485. The molecular formula is C18H14BrN3. The number of aryl methyl sites for hydroxylation is 2. The van der Waals surface area contributed by atoms with Gasteiger partial charge in [0.15, 0.2) is 5.65 Å². The summed E-state index contributed by atoms with van der Waals surface area (Å²) in [7, 11) is 0. The predicted octanol–water partition coefficient (Wildman–Crippen LogP) is 4.95. The number of nitrogens with zero attached hydrogens (tertiary/aromatic N) is 3. The second-order valence-electron chi connectivity index (χ2n) is 5.55. The van der Waals surface area contributed by atoms with Gasteiger partial charge >= 0.3 is 0 Å². The average Bonchev–Trinajstić information content (AvgIpc) is 2.82. The van der Waals surface area contributed by atoms with Crippen molar-refractivity contribution in [3.05, 3.63) is 64.3 Å². The molecule has 4 rings (SSSR count). The van der Waals surface area contributed by atoms with Gasteiger partial charge in [0, 0.05) is 16.4 Å². The number of hydrogen-bond acceptors (Lipinski definition) is 2. The molecule has 0 aliphatic carbocycles. The Morgan fingerprint density at radius 2 is 1.68 bits per heavy atom. The molecule has 2 aromatic carbocycles. The molecule has 0 N–H and O–H groups in total. The van der Waals surface area contributed by atoms with Gasteiger partial charge in [-0.3, -0.25) is 4.57 Å². The first-order valence-corrected chi connectivity index (χ1v) is 7.93. The monoisotopic (exact) mass is 351 g/mol. The van der Waals surface area contributed by atoms with Crippen LogP contribution in [0.5, 0.6) is 0 Å². The van der Waals surface area contributed by atoms with Crippen LogP contribution in [0.2, 0.25) is 0 Å². The largest absolute Gasteiger partial charge is 0.300 e. The Balaban J connectivity index is 2.04. The Hall–Kier alpha value is -2.20. The Bertz CT molecular complexity index is 1000. The van der Waals surface area contributed by atoms with Gasteiger partial charge in [-0.2, -0.15) is 0 Å². The summed E-state index contributed by atoms with van der Waals surface area (Å²) >= 11 is 3.48. The summed E-state index contributed by atoms with van der Waals surface area (Å²) in [5.74, 6) is 0. The lowest BCUT2D eigenvalue weighted by Gasteiger charge is -2.05. The first kappa shape index (κ1) is 13.5. The van der Waals surface area contributed by atoms with Gasteiger partial charge in [-0.15, -0.1) is 0 Å². The third kappa shape index (κ3) is 2.11. The third-order valence-corrected chi connectivity index (χ3v) is 4.36. The van der Waals surface area contributed by atoms with Crippen LogP contribution >= 0.6 is 15.9 Å². The normalized spacial score (nSPS) is 11.4. The van der Waals surface area contributed by atoms with Gasteiger partial charge in [0.1, 0.15) is 5.52 Å². The summed E-state index contributed by atoms with van der Waals surface area (Å²) in [4.78, 5) is 9.64. The van der Waals surface area contributed by atoms with E-state index in [9.17, 15) is 0 Å². The topological polar surface area (TPSA) is 30.7 Å². The fraction of sp³-hybridized carbons (Fsp3) is 0.111. The van der Waals surface area contributed by atoms with Gasteiger partial charge in [0.25, 0.3) is 0 Å². The lowest BCUT2D eigenvalue weighted by molar-refractivity contribution is 1.09. The van der Waals surface area contributed by atoms with Crippen molar-refractivity contribution in [2.75, 3.05) is 0 Å². The summed E-state index contributed by atoms with van der Waals surface area (Å²) in [6.07, 6.45) is 2.10. The number of rotatable bonds is 1. The highest BCUT2D eigenvalue weighted by atomic mass is 79.9. The molecule has 2 heterocycles. The molecule has 2 aromatic heterocycles. The van der Waals surface area contributed by atoms with E-state index in [1.54, 1.807) is 0 Å². The van der Waals surface area contributed by atoms with Crippen molar-refractivity contribution in [1.82, 2.24) is 14.5 Å². The molecule has 0 atom stereocenters. The van der Waals surface area contributed by atoms with Crippen molar-refractivity contribution >= 4 is 38.1 Å². The van der Waals surface area contributed by atoms with Gasteiger partial charge in [0.05, 0.1) is 11.0 Å². The fourth-order valence-electron chi connectivity index (χ4n) is 2.70. The summed E-state index contributed by atoms with van der Waals surface area (Å²) in [5.41, 5.74) is 7.14. The summed E-state index contributed by atoms with van der Waals surface area (Å²) in [5, 5.41) is 0. The second-order valence-corrected chi connectivity index (χ2v) is 6.46. The molecule has 0 bridgehead atoms. The van der Waals surface area contributed by atoms with E-state index in [0.29, 0.717) is 0 Å². The Kier molecular flexibility index (Phi) is 3.01. The number of aromatic nitrogens is 3. The van der Waals surface area contributed by atoms with Gasteiger partial charge in [-0.25, -0.2) is 9.97 Å². The number of fused-ring (bicyclic) bond motifs is 2. The van der Waals surface area contributed by atoms with E-state index in [-0.39, 0.29) is 0 Å². The lowest BCUT2D eigenvalue weighted by atomic mass is 10.2. The molecule has 0 radical (unpaired) electrons. The zero-order valence-electron chi connectivity index (χ0n) is 12.3. The first-order chi connectivity index (χ1) is 10.6. The van der Waals surface area contributed by atoms with Crippen LogP contribution in [0.25, 0.3) is 27.9 Å². The van der Waals surface area contributed by atoms with Gasteiger partial charge in [-0.05, 0) is 61.4 Å². The highest BCUT2D eigenvalue weighted by Crippen LogP contribution is 2.25. The van der Waals surface area contributed by atoms with Gasteiger partial charge in [-0.1, -0.05) is 22.0 Å². The maximum absolute atomic E-state index is 4.85. The van der Waals surface area contributed by atoms with Crippen LogP contribution < -0.4 is 0 Å². The van der Waals surface area contributed by atoms with Crippen molar-refractivity contribution in [2.45, 2.75) is 13.8 Å². The molecule has 0 spiro atoms. The second kappa shape index (κ2) is 4.92. The molecule has 0 fully saturated rings. The van der Waals surface area contributed by atoms with Gasteiger partial charge in [0.2, 0.25) is 0 Å². The van der Waals surface area contributed by atoms with Crippen LogP contribution in [0.1, 0.15) is 11.1 Å². The zero-order valence-corrected chi connectivity index (χ0v) is 13.9. The van der Waals surface area contributed by atoms with Crippen LogP contribution in [-0.2, 0) is 0 Å². The minimum atomic E-state index is 0.901. The minimum Gasteiger partial charge on any atom is -0.300 e. The van der Waals surface area contributed by atoms with Crippen molar-refractivity contribution in [2.24, 2.45) is 0 Å². The van der Waals surface area contributed by atoms with Crippen LogP contribution in [0, 0.1) is 13.8 Å². The summed E-state index contributed by atoms with van der Waals surface area (Å²) in [6.45, 7) is 4.15. The smallest absolute Gasteiger partial charge is 0.164 e. The van der Waals surface area contributed by atoms with Crippen LogP contribution in [0.15, 0.2) is 53.1 Å². The molecule has 0 unspecified atom stereocenters. The van der Waals surface area contributed by atoms with E-state index in [4.69, 9.17) is 9.97 Å². The summed E-state index contributed by atoms with van der Waals surface area (Å²) in [6, 6.07) is 14.4. The molecule has 0 aliphatic heterocycles. The van der Waals surface area contributed by atoms with E-state index in [1.165, 1.54) is 5.56 Å². The van der Waals surface area contributed by atoms with Crippen molar-refractivity contribution in [3.63, 3.8) is 0 Å². The Morgan fingerprint density at radius 1 is 0.909 bits per heavy atom. The van der Waals surface area contributed by atoms with E-state index in [2.05, 4.69) is 64.8 Å². The Labute approximate surface area is 136 Å². The first-order valence-electron chi connectivity index (χ1n) is 7.14. The van der Waals surface area contributed by atoms with Gasteiger partial charge < -0.3 is 0 Å². The van der Waals surface area contributed by atoms with E-state index in [1.807, 2.05) is 18.2 Å². The van der Waals surface area contributed by atoms with E-state index < -0.39 is 0 Å². The minimum absolute atomic E-state index is 0.901. The van der Waals surface area contributed by atoms with E-state index >= 15 is 0 Å².